The van der Waals surface area contributed by atoms with Crippen LogP contribution in [0.1, 0.15) is 50.5 Å². The van der Waals surface area contributed by atoms with Crippen LogP contribution in [0.4, 0.5) is 0 Å². The van der Waals surface area contributed by atoms with E-state index in [0.717, 1.165) is 41.1 Å². The summed E-state index contributed by atoms with van der Waals surface area (Å²) in [6.45, 7) is 5.40. The molecule has 21 heavy (non-hydrogen) atoms. The molecule has 2 heterocycles. The third kappa shape index (κ3) is 3.23. The van der Waals surface area contributed by atoms with E-state index in [2.05, 4.69) is 21.5 Å². The quantitative estimate of drug-likeness (QED) is 0.767. The zero-order valence-electron chi connectivity index (χ0n) is 13.0. The van der Waals surface area contributed by atoms with Gasteiger partial charge in [0.1, 0.15) is 11.3 Å². The molecule has 0 spiro atoms. The first kappa shape index (κ1) is 14.8. The Bertz CT molecular complexity index is 620. The molecule has 4 heteroatoms. The van der Waals surface area contributed by atoms with E-state index in [9.17, 15) is 0 Å². The van der Waals surface area contributed by atoms with Crippen LogP contribution >= 0.6 is 11.6 Å². The minimum atomic E-state index is 0.455. The molecule has 0 amide bonds. The van der Waals surface area contributed by atoms with Crippen LogP contribution in [0.15, 0.2) is 12.1 Å². The predicted octanol–water partition coefficient (Wildman–Crippen LogP) is 4.69. The lowest BCUT2D eigenvalue weighted by Crippen LogP contribution is -2.16. The highest BCUT2D eigenvalue weighted by Gasteiger charge is 2.20. The Morgan fingerprint density at radius 3 is 2.90 bits per heavy atom. The molecule has 2 atom stereocenters. The predicted molar refractivity (Wildman–Crippen MR) is 87.6 cm³/mol. The minimum absolute atomic E-state index is 0.455. The van der Waals surface area contributed by atoms with Gasteiger partial charge in [-0.05, 0) is 43.7 Å². The molecule has 1 aliphatic rings. The molecule has 0 aliphatic heterocycles. The summed E-state index contributed by atoms with van der Waals surface area (Å²) in [6.07, 6.45) is 6.75. The molecule has 0 radical (unpaired) electrons. The number of aryl methyl sites for hydroxylation is 2. The van der Waals surface area contributed by atoms with Crippen LogP contribution in [-0.4, -0.2) is 14.5 Å². The second-order valence-corrected chi connectivity index (χ2v) is 6.80. The Balaban J connectivity index is 1.80. The van der Waals surface area contributed by atoms with E-state index in [1.54, 1.807) is 0 Å². The van der Waals surface area contributed by atoms with E-state index >= 15 is 0 Å². The topological polar surface area (TPSA) is 30.7 Å². The fourth-order valence-corrected chi connectivity index (χ4v) is 3.82. The number of rotatable bonds is 4. The van der Waals surface area contributed by atoms with Crippen LogP contribution in [0, 0.1) is 18.8 Å². The standard InChI is InChI=1S/C17H24ClN3/c1-12-4-3-5-14(10-12)8-9-21-16(11-18)20-15-7-6-13(2)19-17(15)21/h6-7,12,14H,3-5,8-11H2,1-2H3. The van der Waals surface area contributed by atoms with Crippen LogP contribution in [0.25, 0.3) is 11.2 Å². The Labute approximate surface area is 131 Å². The normalized spacial score (nSPS) is 22.8. The van der Waals surface area contributed by atoms with Crippen molar-refractivity contribution >= 4 is 22.8 Å². The van der Waals surface area contributed by atoms with Crippen LogP contribution in [0.2, 0.25) is 0 Å². The van der Waals surface area contributed by atoms with Crippen LogP contribution in [0.3, 0.4) is 0 Å². The summed E-state index contributed by atoms with van der Waals surface area (Å²) in [5.74, 6) is 3.14. The van der Waals surface area contributed by atoms with Crippen molar-refractivity contribution < 1.29 is 0 Å². The molecule has 1 fully saturated rings. The maximum absolute atomic E-state index is 6.08. The van der Waals surface area contributed by atoms with Crippen molar-refractivity contribution in [2.45, 2.75) is 58.4 Å². The summed E-state index contributed by atoms with van der Waals surface area (Å²) in [4.78, 5) is 9.28. The molecule has 1 aliphatic carbocycles. The van der Waals surface area contributed by atoms with Gasteiger partial charge in [0.2, 0.25) is 0 Å². The Hall–Kier alpha value is -1.09. The lowest BCUT2D eigenvalue weighted by atomic mass is 9.81. The van der Waals surface area contributed by atoms with E-state index in [1.165, 1.54) is 32.1 Å². The van der Waals surface area contributed by atoms with E-state index in [0.29, 0.717) is 5.88 Å². The smallest absolute Gasteiger partial charge is 0.160 e. The largest absolute Gasteiger partial charge is 0.312 e. The maximum atomic E-state index is 6.08. The zero-order chi connectivity index (χ0) is 14.8. The number of pyridine rings is 1. The Morgan fingerprint density at radius 1 is 1.29 bits per heavy atom. The number of nitrogens with zero attached hydrogens (tertiary/aromatic N) is 3. The molecule has 2 unspecified atom stereocenters. The molecule has 3 nitrogen and oxygen atoms in total. The van der Waals surface area contributed by atoms with Gasteiger partial charge in [0.25, 0.3) is 0 Å². The molecule has 3 rings (SSSR count). The minimum Gasteiger partial charge on any atom is -0.312 e. The van der Waals surface area contributed by atoms with E-state index < -0.39 is 0 Å². The first-order valence-electron chi connectivity index (χ1n) is 8.06. The van der Waals surface area contributed by atoms with Crippen molar-refractivity contribution in [3.05, 3.63) is 23.7 Å². The summed E-state index contributed by atoms with van der Waals surface area (Å²) < 4.78 is 2.23. The average molecular weight is 306 g/mol. The molecule has 0 saturated heterocycles. The number of hydrogen-bond acceptors (Lipinski definition) is 2. The van der Waals surface area contributed by atoms with Crippen LogP contribution in [-0.2, 0) is 12.4 Å². The maximum Gasteiger partial charge on any atom is 0.160 e. The molecule has 0 aromatic carbocycles. The van der Waals surface area contributed by atoms with Gasteiger partial charge in [0, 0.05) is 12.2 Å². The number of fused-ring (bicyclic) bond motifs is 1. The third-order valence-corrected chi connectivity index (χ3v) is 4.98. The van der Waals surface area contributed by atoms with Gasteiger partial charge in [-0.2, -0.15) is 0 Å². The summed E-state index contributed by atoms with van der Waals surface area (Å²) in [7, 11) is 0. The van der Waals surface area contributed by atoms with Crippen molar-refractivity contribution in [3.63, 3.8) is 0 Å². The SMILES string of the molecule is Cc1ccc2nc(CCl)n(CCC3CCCC(C)C3)c2n1. The summed E-state index contributed by atoms with van der Waals surface area (Å²) in [5, 5.41) is 0. The van der Waals surface area contributed by atoms with Crippen molar-refractivity contribution in [2.24, 2.45) is 11.8 Å². The Kier molecular flexibility index (Phi) is 4.48. The molecule has 0 N–H and O–H groups in total. The first-order chi connectivity index (χ1) is 10.2. The lowest BCUT2D eigenvalue weighted by molar-refractivity contribution is 0.261. The third-order valence-electron chi connectivity index (χ3n) is 4.74. The van der Waals surface area contributed by atoms with Gasteiger partial charge in [0.05, 0.1) is 5.88 Å². The fourth-order valence-electron chi connectivity index (χ4n) is 3.61. The number of imidazole rings is 1. The van der Waals surface area contributed by atoms with Gasteiger partial charge in [-0.3, -0.25) is 0 Å². The van der Waals surface area contributed by atoms with Crippen molar-refractivity contribution in [2.75, 3.05) is 0 Å². The molecule has 2 aromatic rings. The molecule has 0 bridgehead atoms. The van der Waals surface area contributed by atoms with Gasteiger partial charge < -0.3 is 4.57 Å². The zero-order valence-corrected chi connectivity index (χ0v) is 13.7. The molecule has 2 aromatic heterocycles. The number of hydrogen-bond donors (Lipinski definition) is 0. The highest BCUT2D eigenvalue weighted by atomic mass is 35.5. The van der Waals surface area contributed by atoms with E-state index in [-0.39, 0.29) is 0 Å². The van der Waals surface area contributed by atoms with Crippen molar-refractivity contribution in [3.8, 4) is 0 Å². The molecule has 1 saturated carbocycles. The average Bonchev–Trinajstić information content (AvgIpc) is 2.82. The number of aromatic nitrogens is 3. The first-order valence-corrected chi connectivity index (χ1v) is 8.59. The molecular formula is C17H24ClN3. The number of alkyl halides is 1. The van der Waals surface area contributed by atoms with Gasteiger partial charge >= 0.3 is 0 Å². The highest BCUT2D eigenvalue weighted by Crippen LogP contribution is 2.31. The monoisotopic (exact) mass is 305 g/mol. The number of halogens is 1. The van der Waals surface area contributed by atoms with Crippen molar-refractivity contribution in [1.82, 2.24) is 14.5 Å². The highest BCUT2D eigenvalue weighted by molar-refractivity contribution is 6.16. The van der Waals surface area contributed by atoms with Crippen LogP contribution in [0.5, 0.6) is 0 Å². The van der Waals surface area contributed by atoms with E-state index in [4.69, 9.17) is 11.6 Å². The van der Waals surface area contributed by atoms with Gasteiger partial charge in [-0.1, -0.05) is 26.2 Å². The summed E-state index contributed by atoms with van der Waals surface area (Å²) >= 11 is 6.08. The lowest BCUT2D eigenvalue weighted by Gasteiger charge is -2.26. The summed E-state index contributed by atoms with van der Waals surface area (Å²) in [6, 6.07) is 4.06. The van der Waals surface area contributed by atoms with Gasteiger partial charge in [-0.25, -0.2) is 9.97 Å². The van der Waals surface area contributed by atoms with Gasteiger partial charge in [-0.15, -0.1) is 11.6 Å². The molecular weight excluding hydrogens is 282 g/mol. The second-order valence-electron chi connectivity index (χ2n) is 6.54. The van der Waals surface area contributed by atoms with Crippen molar-refractivity contribution in [1.29, 1.82) is 0 Å². The Morgan fingerprint density at radius 2 is 2.14 bits per heavy atom. The van der Waals surface area contributed by atoms with Crippen LogP contribution < -0.4 is 0 Å². The molecule has 114 valence electrons. The van der Waals surface area contributed by atoms with Gasteiger partial charge in [0.15, 0.2) is 5.65 Å². The summed E-state index contributed by atoms with van der Waals surface area (Å²) in [5.41, 5.74) is 3.00. The second kappa shape index (κ2) is 6.35. The van der Waals surface area contributed by atoms with E-state index in [1.807, 2.05) is 19.1 Å². The fraction of sp³-hybridized carbons (Fsp3) is 0.647.